The molecule has 0 saturated carbocycles. The fraction of sp³-hybridized carbons (Fsp3) is 0.300. The highest BCUT2D eigenvalue weighted by atomic mass is 79.9. The highest BCUT2D eigenvalue weighted by molar-refractivity contribution is 9.10. The molecule has 0 bridgehead atoms. The number of ether oxygens (including phenoxy) is 3. The van der Waals surface area contributed by atoms with Gasteiger partial charge in [0.15, 0.2) is 18.1 Å². The number of benzene rings is 2. The first-order chi connectivity index (χ1) is 13.2. The first-order valence-electron chi connectivity index (χ1n) is 8.85. The topological polar surface area (TPSA) is 69.2 Å². The Kier molecular flexibility index (Phi) is 5.29. The van der Waals surface area contributed by atoms with Crippen LogP contribution in [0.1, 0.15) is 29.5 Å². The highest BCUT2D eigenvalue weighted by Crippen LogP contribution is 2.35. The number of aryl methyl sites for hydroxylation is 1. The Morgan fingerprint density at radius 3 is 2.96 bits per heavy atom. The molecule has 1 heterocycles. The van der Waals surface area contributed by atoms with Crippen LogP contribution in [-0.2, 0) is 17.6 Å². The summed E-state index contributed by atoms with van der Waals surface area (Å²) in [6.45, 7) is 0.123. The molecule has 0 radical (unpaired) electrons. The van der Waals surface area contributed by atoms with Gasteiger partial charge in [-0.25, -0.2) is 5.43 Å². The van der Waals surface area contributed by atoms with Crippen molar-refractivity contribution in [2.75, 3.05) is 13.4 Å². The van der Waals surface area contributed by atoms with Gasteiger partial charge in [0.1, 0.15) is 5.75 Å². The van der Waals surface area contributed by atoms with Gasteiger partial charge in [0, 0.05) is 0 Å². The standard InChI is InChI=1S/C20H19BrN2O4/c21-20-15-4-2-1-3-14(15)6-8-17(20)25-11-19(24)23-22-10-13-5-7-16-18(9-13)27-12-26-16/h5-10H,1-4,11-12H2,(H,23,24)/b22-10-. The van der Waals surface area contributed by atoms with Gasteiger partial charge in [-0.1, -0.05) is 6.07 Å². The summed E-state index contributed by atoms with van der Waals surface area (Å²) in [6, 6.07) is 9.45. The van der Waals surface area contributed by atoms with Crippen LogP contribution in [0.3, 0.4) is 0 Å². The molecule has 1 aliphatic carbocycles. The second-order valence-corrected chi connectivity index (χ2v) is 7.21. The lowest BCUT2D eigenvalue weighted by Crippen LogP contribution is -2.24. The minimum Gasteiger partial charge on any atom is -0.483 e. The lowest BCUT2D eigenvalue weighted by atomic mass is 9.92. The third kappa shape index (κ3) is 4.08. The van der Waals surface area contributed by atoms with Crippen molar-refractivity contribution in [1.29, 1.82) is 0 Å². The van der Waals surface area contributed by atoms with Crippen molar-refractivity contribution in [3.8, 4) is 17.2 Å². The molecule has 4 rings (SSSR count). The lowest BCUT2D eigenvalue weighted by Gasteiger charge is -2.19. The summed E-state index contributed by atoms with van der Waals surface area (Å²) in [5, 5.41) is 3.96. The number of nitrogens with one attached hydrogen (secondary N) is 1. The molecule has 6 nitrogen and oxygen atoms in total. The zero-order valence-electron chi connectivity index (χ0n) is 14.7. The van der Waals surface area contributed by atoms with Gasteiger partial charge in [-0.05, 0) is 82.6 Å². The number of fused-ring (bicyclic) bond motifs is 2. The normalized spacial score (nSPS) is 14.9. The van der Waals surface area contributed by atoms with E-state index in [0.29, 0.717) is 17.2 Å². The molecule has 0 fully saturated rings. The van der Waals surface area contributed by atoms with Crippen LogP contribution in [0.4, 0.5) is 0 Å². The van der Waals surface area contributed by atoms with E-state index in [2.05, 4.69) is 32.5 Å². The number of amides is 1. The van der Waals surface area contributed by atoms with Crippen molar-refractivity contribution in [2.45, 2.75) is 25.7 Å². The van der Waals surface area contributed by atoms with E-state index in [4.69, 9.17) is 14.2 Å². The van der Waals surface area contributed by atoms with E-state index in [0.717, 1.165) is 22.9 Å². The number of rotatable bonds is 5. The maximum atomic E-state index is 12.0. The van der Waals surface area contributed by atoms with Gasteiger partial charge in [-0.3, -0.25) is 4.79 Å². The average molecular weight is 431 g/mol. The molecular weight excluding hydrogens is 412 g/mol. The largest absolute Gasteiger partial charge is 0.483 e. The maximum Gasteiger partial charge on any atom is 0.277 e. The third-order valence-electron chi connectivity index (χ3n) is 4.59. The molecule has 0 saturated heterocycles. The predicted molar refractivity (Wildman–Crippen MR) is 105 cm³/mol. The monoisotopic (exact) mass is 430 g/mol. The van der Waals surface area contributed by atoms with Crippen molar-refractivity contribution in [3.63, 3.8) is 0 Å². The van der Waals surface area contributed by atoms with Crippen molar-refractivity contribution >= 4 is 28.1 Å². The van der Waals surface area contributed by atoms with Crippen LogP contribution in [0.25, 0.3) is 0 Å². The van der Waals surface area contributed by atoms with Crippen LogP contribution in [0, 0.1) is 0 Å². The number of carbonyl (C=O) groups is 1. The van der Waals surface area contributed by atoms with Crippen LogP contribution < -0.4 is 19.6 Å². The van der Waals surface area contributed by atoms with Crippen LogP contribution >= 0.6 is 15.9 Å². The summed E-state index contributed by atoms with van der Waals surface area (Å²) >= 11 is 3.62. The summed E-state index contributed by atoms with van der Waals surface area (Å²) in [5.41, 5.74) is 5.92. The summed E-state index contributed by atoms with van der Waals surface area (Å²) in [5.74, 6) is 1.74. The molecule has 0 aromatic heterocycles. The summed E-state index contributed by atoms with van der Waals surface area (Å²) < 4.78 is 17.2. The Balaban J connectivity index is 1.31. The zero-order valence-corrected chi connectivity index (χ0v) is 16.3. The number of hydrazone groups is 1. The van der Waals surface area contributed by atoms with E-state index in [1.807, 2.05) is 18.2 Å². The Morgan fingerprint density at radius 2 is 2.04 bits per heavy atom. The quantitative estimate of drug-likeness (QED) is 0.581. The molecule has 1 N–H and O–H groups in total. The van der Waals surface area contributed by atoms with E-state index < -0.39 is 0 Å². The SMILES string of the molecule is O=C(COc1ccc2c(c1Br)CCCC2)N/N=C\c1ccc2c(c1)OCO2. The number of hydrogen-bond donors (Lipinski definition) is 1. The predicted octanol–water partition coefficient (Wildman–Crippen LogP) is 3.59. The van der Waals surface area contributed by atoms with E-state index in [1.54, 1.807) is 12.3 Å². The van der Waals surface area contributed by atoms with E-state index in [1.165, 1.54) is 24.0 Å². The molecule has 0 atom stereocenters. The first-order valence-corrected chi connectivity index (χ1v) is 9.64. The molecular formula is C20H19BrN2O4. The summed E-state index contributed by atoms with van der Waals surface area (Å²) in [6.07, 6.45) is 6.10. The number of hydrogen-bond acceptors (Lipinski definition) is 5. The van der Waals surface area contributed by atoms with E-state index >= 15 is 0 Å². The smallest absolute Gasteiger partial charge is 0.277 e. The molecule has 0 unspecified atom stereocenters. The maximum absolute atomic E-state index is 12.0. The van der Waals surface area contributed by atoms with Gasteiger partial charge >= 0.3 is 0 Å². The van der Waals surface area contributed by atoms with Crippen molar-refractivity contribution in [2.24, 2.45) is 5.10 Å². The average Bonchev–Trinajstić information content (AvgIpc) is 3.15. The second kappa shape index (κ2) is 8.00. The highest BCUT2D eigenvalue weighted by Gasteiger charge is 2.16. The molecule has 27 heavy (non-hydrogen) atoms. The molecule has 140 valence electrons. The number of halogens is 1. The minimum atomic E-state index is -0.323. The van der Waals surface area contributed by atoms with E-state index in [9.17, 15) is 4.79 Å². The Labute approximate surface area is 165 Å². The van der Waals surface area contributed by atoms with Gasteiger partial charge in [-0.15, -0.1) is 0 Å². The zero-order chi connectivity index (χ0) is 18.6. The molecule has 7 heteroatoms. The number of nitrogens with zero attached hydrogens (tertiary/aromatic N) is 1. The molecule has 1 aliphatic heterocycles. The molecule has 2 aromatic carbocycles. The van der Waals surface area contributed by atoms with Crippen molar-refractivity contribution in [3.05, 3.63) is 51.5 Å². The Morgan fingerprint density at radius 1 is 1.19 bits per heavy atom. The molecule has 2 aliphatic rings. The van der Waals surface area contributed by atoms with Crippen LogP contribution in [0.15, 0.2) is 39.9 Å². The Hall–Kier alpha value is -2.54. The van der Waals surface area contributed by atoms with Gasteiger partial charge in [0.25, 0.3) is 5.91 Å². The minimum absolute atomic E-state index is 0.101. The molecule has 0 spiro atoms. The van der Waals surface area contributed by atoms with Gasteiger partial charge in [-0.2, -0.15) is 5.10 Å². The van der Waals surface area contributed by atoms with Gasteiger partial charge in [0.2, 0.25) is 6.79 Å². The lowest BCUT2D eigenvalue weighted by molar-refractivity contribution is -0.123. The fourth-order valence-corrected chi connectivity index (χ4v) is 3.92. The second-order valence-electron chi connectivity index (χ2n) is 6.42. The Bertz CT molecular complexity index is 898. The van der Waals surface area contributed by atoms with Gasteiger partial charge in [0.05, 0.1) is 10.7 Å². The van der Waals surface area contributed by atoms with Crippen molar-refractivity contribution < 1.29 is 19.0 Å². The molecule has 2 aromatic rings. The summed E-state index contributed by atoms with van der Waals surface area (Å²) in [4.78, 5) is 12.0. The van der Waals surface area contributed by atoms with Crippen LogP contribution in [0.5, 0.6) is 17.2 Å². The van der Waals surface area contributed by atoms with Gasteiger partial charge < -0.3 is 14.2 Å². The van der Waals surface area contributed by atoms with E-state index in [-0.39, 0.29) is 19.3 Å². The number of carbonyl (C=O) groups excluding carboxylic acids is 1. The third-order valence-corrected chi connectivity index (χ3v) is 5.46. The first kappa shape index (κ1) is 17.9. The van der Waals surface area contributed by atoms with Crippen LogP contribution in [-0.4, -0.2) is 25.5 Å². The fourth-order valence-electron chi connectivity index (χ4n) is 3.22. The van der Waals surface area contributed by atoms with Crippen molar-refractivity contribution in [1.82, 2.24) is 5.43 Å². The molecule has 1 amide bonds. The summed E-state index contributed by atoms with van der Waals surface area (Å²) in [7, 11) is 0. The van der Waals surface area contributed by atoms with Crippen LogP contribution in [0.2, 0.25) is 0 Å².